The number of aliphatic hydroxyl groups is 1. The minimum Gasteiger partial charge on any atom is -0.380 e. The normalized spacial score (nSPS) is 16.8. The van der Waals surface area contributed by atoms with Crippen LogP contribution >= 0.6 is 0 Å². The zero-order chi connectivity index (χ0) is 18.0. The minimum atomic E-state index is -1.18. The van der Waals surface area contributed by atoms with Crippen LogP contribution in [0.5, 0.6) is 0 Å². The molecule has 0 aromatic heterocycles. The van der Waals surface area contributed by atoms with Gasteiger partial charge in [0.2, 0.25) is 0 Å². The summed E-state index contributed by atoms with van der Waals surface area (Å²) >= 11 is 0. The van der Waals surface area contributed by atoms with E-state index in [0.29, 0.717) is 0 Å². The summed E-state index contributed by atoms with van der Waals surface area (Å²) in [7, 11) is 0. The third-order valence-electron chi connectivity index (χ3n) is 4.98. The van der Waals surface area contributed by atoms with Gasteiger partial charge in [0.15, 0.2) is 0 Å². The fraction of sp³-hybridized carbons (Fsp3) is 0.0800. The molecule has 0 heterocycles. The molecule has 0 unspecified atom stereocenters. The van der Waals surface area contributed by atoms with E-state index < -0.39 is 5.60 Å². The first-order valence-corrected chi connectivity index (χ1v) is 8.86. The zero-order valence-corrected chi connectivity index (χ0v) is 14.8. The zero-order valence-electron chi connectivity index (χ0n) is 14.8. The highest BCUT2D eigenvalue weighted by Gasteiger charge is 2.49. The molecule has 1 N–H and O–H groups in total. The maximum absolute atomic E-state index is 12.0. The van der Waals surface area contributed by atoms with Crippen molar-refractivity contribution in [3.63, 3.8) is 0 Å². The Hall–Kier alpha value is -2.38. The molecule has 0 aliphatic heterocycles. The number of benzene rings is 3. The van der Waals surface area contributed by atoms with Crippen molar-refractivity contribution in [1.82, 2.24) is 0 Å². The number of hydrogen-bond donors (Lipinski definition) is 1. The van der Waals surface area contributed by atoms with Gasteiger partial charge in [0.25, 0.3) is 0 Å². The fourth-order valence-corrected chi connectivity index (χ4v) is 3.65. The summed E-state index contributed by atoms with van der Waals surface area (Å²) in [5.74, 6) is 3.14. The van der Waals surface area contributed by atoms with Gasteiger partial charge >= 0.3 is 0 Å². The van der Waals surface area contributed by atoms with Crippen molar-refractivity contribution in [3.8, 4) is 0 Å². The molecule has 0 spiro atoms. The summed E-state index contributed by atoms with van der Waals surface area (Å²) in [6.07, 6.45) is 4.27. The van der Waals surface area contributed by atoms with E-state index in [2.05, 4.69) is 31.9 Å². The SMILES string of the molecule is C[C]1[CH][C](c2ccccc2)[CH][C]1C(O)(c1ccccc1)c1ccccc1. The smallest absolute Gasteiger partial charge is 0.122 e. The molecule has 1 saturated carbocycles. The highest BCUT2D eigenvalue weighted by atomic mass is 16.3. The molecule has 4 rings (SSSR count). The third-order valence-corrected chi connectivity index (χ3v) is 4.98. The molecule has 5 radical (unpaired) electrons. The molecule has 0 bridgehead atoms. The molecular formula is C25H21O. The molecular weight excluding hydrogens is 316 g/mol. The Balaban J connectivity index is 1.75. The van der Waals surface area contributed by atoms with Crippen LogP contribution in [0.25, 0.3) is 0 Å². The average molecular weight is 337 g/mol. The summed E-state index contributed by atoms with van der Waals surface area (Å²) in [6.45, 7) is 2.07. The van der Waals surface area contributed by atoms with Crippen LogP contribution in [-0.2, 0) is 5.60 Å². The van der Waals surface area contributed by atoms with E-state index in [9.17, 15) is 5.11 Å². The van der Waals surface area contributed by atoms with Crippen molar-refractivity contribution in [2.75, 3.05) is 0 Å². The van der Waals surface area contributed by atoms with Gasteiger partial charge in [-0.25, -0.2) is 0 Å². The van der Waals surface area contributed by atoms with Crippen LogP contribution < -0.4 is 0 Å². The van der Waals surface area contributed by atoms with E-state index in [4.69, 9.17) is 0 Å². The topological polar surface area (TPSA) is 20.2 Å². The van der Waals surface area contributed by atoms with Crippen molar-refractivity contribution >= 4 is 0 Å². The van der Waals surface area contributed by atoms with E-state index in [1.807, 2.05) is 78.9 Å². The first-order valence-electron chi connectivity index (χ1n) is 8.86. The second-order valence-electron chi connectivity index (χ2n) is 6.65. The van der Waals surface area contributed by atoms with E-state index in [1.54, 1.807) is 0 Å². The summed E-state index contributed by atoms with van der Waals surface area (Å²) in [4.78, 5) is 0. The summed E-state index contributed by atoms with van der Waals surface area (Å²) in [5.41, 5.74) is 1.73. The Morgan fingerprint density at radius 1 is 0.615 bits per heavy atom. The van der Waals surface area contributed by atoms with Gasteiger partial charge in [-0.05, 0) is 35.4 Å². The van der Waals surface area contributed by atoms with Crippen LogP contribution in [-0.4, -0.2) is 5.11 Å². The standard InChI is InChI=1S/C25H21O/c1-19-17-21(20-11-5-2-6-12-20)18-24(19)25(26,22-13-7-3-8-14-22)23-15-9-4-10-16-23/h2-18,26H,1H3. The van der Waals surface area contributed by atoms with Gasteiger partial charge in [-0.3, -0.25) is 0 Å². The molecule has 26 heavy (non-hydrogen) atoms. The summed E-state index contributed by atoms with van der Waals surface area (Å²) < 4.78 is 0. The number of hydrogen-bond acceptors (Lipinski definition) is 1. The van der Waals surface area contributed by atoms with Crippen molar-refractivity contribution in [2.24, 2.45) is 0 Å². The average Bonchev–Trinajstić information content (AvgIpc) is 3.11. The Morgan fingerprint density at radius 2 is 1.08 bits per heavy atom. The van der Waals surface area contributed by atoms with Crippen LogP contribution in [0.1, 0.15) is 23.6 Å². The molecule has 1 nitrogen and oxygen atoms in total. The maximum atomic E-state index is 12.0. The third kappa shape index (κ3) is 2.97. The Kier molecular flexibility index (Phi) is 4.65. The molecule has 1 aliphatic carbocycles. The van der Waals surface area contributed by atoms with Crippen LogP contribution in [0.15, 0.2) is 91.0 Å². The first-order chi connectivity index (χ1) is 12.7. The molecule has 1 fully saturated rings. The molecule has 1 aliphatic rings. The van der Waals surface area contributed by atoms with Gasteiger partial charge in [-0.15, -0.1) is 0 Å². The summed E-state index contributed by atoms with van der Waals surface area (Å²) in [5, 5.41) is 12.0. The molecule has 3 aromatic carbocycles. The van der Waals surface area contributed by atoms with Gasteiger partial charge in [-0.1, -0.05) is 97.9 Å². The van der Waals surface area contributed by atoms with Crippen molar-refractivity contribution in [3.05, 3.63) is 138 Å². The van der Waals surface area contributed by atoms with E-state index in [1.165, 1.54) is 0 Å². The van der Waals surface area contributed by atoms with Crippen LogP contribution in [0.2, 0.25) is 0 Å². The van der Waals surface area contributed by atoms with Crippen molar-refractivity contribution in [2.45, 2.75) is 12.5 Å². The number of rotatable bonds is 4. The first kappa shape index (κ1) is 17.1. The highest BCUT2D eigenvalue weighted by molar-refractivity contribution is 5.63. The summed E-state index contributed by atoms with van der Waals surface area (Å²) in [6, 6.07) is 30.1. The van der Waals surface area contributed by atoms with Gasteiger partial charge in [0, 0.05) is 11.8 Å². The quantitative estimate of drug-likeness (QED) is 0.699. The second kappa shape index (κ2) is 7.09. The monoisotopic (exact) mass is 337 g/mol. The van der Waals surface area contributed by atoms with Crippen molar-refractivity contribution < 1.29 is 5.11 Å². The lowest BCUT2D eigenvalue weighted by molar-refractivity contribution is 0.102. The minimum absolute atomic E-state index is 0.875. The lowest BCUT2D eigenvalue weighted by Crippen LogP contribution is -2.36. The van der Waals surface area contributed by atoms with Crippen LogP contribution in [0.3, 0.4) is 0 Å². The van der Waals surface area contributed by atoms with Gasteiger partial charge in [0.05, 0.1) is 0 Å². The van der Waals surface area contributed by atoms with E-state index in [-0.39, 0.29) is 0 Å². The Bertz CT molecular complexity index is 786. The van der Waals surface area contributed by atoms with E-state index in [0.717, 1.165) is 34.4 Å². The van der Waals surface area contributed by atoms with Gasteiger partial charge < -0.3 is 5.11 Å². The Morgan fingerprint density at radius 3 is 1.58 bits per heavy atom. The van der Waals surface area contributed by atoms with Crippen LogP contribution in [0.4, 0.5) is 0 Å². The highest BCUT2D eigenvalue weighted by Crippen LogP contribution is 2.53. The van der Waals surface area contributed by atoms with Crippen LogP contribution in [0, 0.1) is 30.6 Å². The fourth-order valence-electron chi connectivity index (χ4n) is 3.65. The second-order valence-corrected chi connectivity index (χ2v) is 6.65. The molecule has 0 atom stereocenters. The largest absolute Gasteiger partial charge is 0.380 e. The lowest BCUT2D eigenvalue weighted by atomic mass is 9.72. The van der Waals surface area contributed by atoms with Crippen molar-refractivity contribution in [1.29, 1.82) is 0 Å². The van der Waals surface area contributed by atoms with E-state index >= 15 is 0 Å². The predicted molar refractivity (Wildman–Crippen MR) is 105 cm³/mol. The lowest BCUT2D eigenvalue weighted by Gasteiger charge is -2.37. The Labute approximate surface area is 156 Å². The van der Waals surface area contributed by atoms with Gasteiger partial charge in [0.1, 0.15) is 5.60 Å². The molecule has 0 saturated heterocycles. The maximum Gasteiger partial charge on any atom is 0.122 e. The van der Waals surface area contributed by atoms with Gasteiger partial charge in [-0.2, -0.15) is 0 Å². The molecule has 3 aromatic rings. The molecule has 127 valence electrons. The molecule has 0 amide bonds. The predicted octanol–water partition coefficient (Wildman–Crippen LogP) is 5.14. The molecule has 1 heteroatoms.